The minimum Gasteiger partial charge on any atom is -0.353 e. The van der Waals surface area contributed by atoms with Crippen molar-refractivity contribution < 1.29 is 4.79 Å². The van der Waals surface area contributed by atoms with Crippen LogP contribution < -0.4 is 11.1 Å². The number of hydrogen-bond donors (Lipinski definition) is 2. The first-order chi connectivity index (χ1) is 8.10. The molecule has 0 bridgehead atoms. The normalized spacial score (nSPS) is 25.3. The summed E-state index contributed by atoms with van der Waals surface area (Å²) in [6.07, 6.45) is 5.36. The molecule has 2 aliphatic rings. The Kier molecular flexibility index (Phi) is 4.05. The van der Waals surface area contributed by atoms with Crippen molar-refractivity contribution >= 4 is 5.91 Å². The molecule has 2 rings (SSSR count). The van der Waals surface area contributed by atoms with Gasteiger partial charge in [-0.1, -0.05) is 6.92 Å². The minimum absolute atomic E-state index is 0.0501. The average Bonchev–Trinajstić information content (AvgIpc) is 2.28. The molecule has 0 radical (unpaired) electrons. The Morgan fingerprint density at radius 1 is 1.41 bits per heavy atom. The second kappa shape index (κ2) is 5.36. The van der Waals surface area contributed by atoms with Crippen LogP contribution >= 0.6 is 0 Å². The van der Waals surface area contributed by atoms with Crippen LogP contribution in [0.5, 0.6) is 0 Å². The first kappa shape index (κ1) is 12.8. The van der Waals surface area contributed by atoms with Crippen molar-refractivity contribution in [3.63, 3.8) is 0 Å². The van der Waals surface area contributed by atoms with Gasteiger partial charge in [-0.2, -0.15) is 0 Å². The molecule has 0 aromatic carbocycles. The van der Waals surface area contributed by atoms with Crippen molar-refractivity contribution in [1.29, 1.82) is 0 Å². The third-order valence-electron chi connectivity index (χ3n) is 4.29. The molecule has 1 amide bonds. The molecule has 0 atom stereocenters. The van der Waals surface area contributed by atoms with E-state index in [1.54, 1.807) is 0 Å². The van der Waals surface area contributed by atoms with Crippen molar-refractivity contribution in [3.05, 3.63) is 0 Å². The summed E-state index contributed by atoms with van der Waals surface area (Å²) in [5.41, 5.74) is 5.41. The summed E-state index contributed by atoms with van der Waals surface area (Å²) in [4.78, 5) is 14.2. The lowest BCUT2D eigenvalue weighted by molar-refractivity contribution is -0.129. The Balaban J connectivity index is 1.61. The quantitative estimate of drug-likeness (QED) is 0.760. The van der Waals surface area contributed by atoms with Gasteiger partial charge >= 0.3 is 0 Å². The highest BCUT2D eigenvalue weighted by Crippen LogP contribution is 2.28. The Bertz CT molecular complexity index is 268. The van der Waals surface area contributed by atoms with Crippen LogP contribution in [0.1, 0.15) is 39.0 Å². The molecule has 1 saturated heterocycles. The van der Waals surface area contributed by atoms with Crippen molar-refractivity contribution in [2.45, 2.75) is 44.6 Å². The Hall–Kier alpha value is -0.610. The smallest absolute Gasteiger partial charge is 0.240 e. The van der Waals surface area contributed by atoms with E-state index in [0.717, 1.165) is 38.3 Å². The van der Waals surface area contributed by atoms with Gasteiger partial charge < -0.3 is 16.0 Å². The summed E-state index contributed by atoms with van der Waals surface area (Å²) in [6.45, 7) is 6.37. The Labute approximate surface area is 104 Å². The number of piperidine rings is 1. The zero-order valence-corrected chi connectivity index (χ0v) is 10.9. The van der Waals surface area contributed by atoms with Gasteiger partial charge in [0.25, 0.3) is 0 Å². The lowest BCUT2D eigenvalue weighted by atomic mass is 9.77. The largest absolute Gasteiger partial charge is 0.353 e. The fourth-order valence-corrected chi connectivity index (χ4v) is 2.57. The molecular weight excluding hydrogens is 214 g/mol. The van der Waals surface area contributed by atoms with Gasteiger partial charge in [0.1, 0.15) is 0 Å². The molecule has 1 aliphatic carbocycles. The molecule has 4 heteroatoms. The van der Waals surface area contributed by atoms with Crippen LogP contribution in [0.4, 0.5) is 0 Å². The van der Waals surface area contributed by atoms with Crippen LogP contribution in [0.15, 0.2) is 0 Å². The molecule has 1 saturated carbocycles. The van der Waals surface area contributed by atoms with Crippen LogP contribution in [0, 0.1) is 5.92 Å². The predicted molar refractivity (Wildman–Crippen MR) is 68.6 cm³/mol. The molecule has 17 heavy (non-hydrogen) atoms. The summed E-state index contributed by atoms with van der Waals surface area (Å²) in [7, 11) is 0. The average molecular weight is 239 g/mol. The molecule has 0 unspecified atom stereocenters. The van der Waals surface area contributed by atoms with Gasteiger partial charge in [0.2, 0.25) is 5.91 Å². The number of hydrogen-bond acceptors (Lipinski definition) is 3. The van der Waals surface area contributed by atoms with Gasteiger partial charge in [-0.25, -0.2) is 0 Å². The van der Waals surface area contributed by atoms with E-state index in [4.69, 9.17) is 5.73 Å². The molecule has 1 aliphatic heterocycles. The lowest BCUT2D eigenvalue weighted by Gasteiger charge is -2.36. The number of carbonyl (C=O) groups is 1. The van der Waals surface area contributed by atoms with E-state index < -0.39 is 5.54 Å². The van der Waals surface area contributed by atoms with E-state index in [2.05, 4.69) is 17.1 Å². The molecule has 0 aromatic heterocycles. The second-order valence-corrected chi connectivity index (χ2v) is 5.79. The topological polar surface area (TPSA) is 58.4 Å². The van der Waals surface area contributed by atoms with Gasteiger partial charge in [-0.3, -0.25) is 4.79 Å². The van der Waals surface area contributed by atoms with Gasteiger partial charge in [-0.05, 0) is 51.1 Å². The third-order valence-corrected chi connectivity index (χ3v) is 4.29. The molecule has 0 aromatic rings. The van der Waals surface area contributed by atoms with Gasteiger partial charge in [0, 0.05) is 13.1 Å². The lowest BCUT2D eigenvalue weighted by Crippen LogP contribution is -2.59. The standard InChI is InChI=1S/C13H25N3O/c1-11-3-8-16(9-4-11)10-7-15-12(17)13(14)5-2-6-13/h11H,2-10,14H2,1H3,(H,15,17). The van der Waals surface area contributed by atoms with Crippen LogP contribution in [0.25, 0.3) is 0 Å². The highest BCUT2D eigenvalue weighted by Gasteiger charge is 2.39. The van der Waals surface area contributed by atoms with Gasteiger partial charge in [0.05, 0.1) is 5.54 Å². The number of rotatable bonds is 4. The first-order valence-corrected chi connectivity index (χ1v) is 6.90. The maximum atomic E-state index is 11.8. The highest BCUT2D eigenvalue weighted by atomic mass is 16.2. The van der Waals surface area contributed by atoms with Crippen LogP contribution in [-0.2, 0) is 4.79 Å². The van der Waals surface area contributed by atoms with Crippen LogP contribution in [-0.4, -0.2) is 42.5 Å². The maximum Gasteiger partial charge on any atom is 0.240 e. The molecular formula is C13H25N3O. The van der Waals surface area contributed by atoms with E-state index in [-0.39, 0.29) is 5.91 Å². The molecule has 2 fully saturated rings. The van der Waals surface area contributed by atoms with Crippen molar-refractivity contribution in [3.8, 4) is 0 Å². The highest BCUT2D eigenvalue weighted by molar-refractivity contribution is 5.86. The predicted octanol–water partition coefficient (Wildman–Crippen LogP) is 0.716. The number of amides is 1. The zero-order chi connectivity index (χ0) is 12.3. The number of nitrogens with two attached hydrogens (primary N) is 1. The summed E-state index contributed by atoms with van der Waals surface area (Å²) < 4.78 is 0. The molecule has 4 nitrogen and oxygen atoms in total. The van der Waals surface area contributed by atoms with E-state index >= 15 is 0 Å². The van der Waals surface area contributed by atoms with E-state index in [1.165, 1.54) is 25.9 Å². The summed E-state index contributed by atoms with van der Waals surface area (Å²) >= 11 is 0. The van der Waals surface area contributed by atoms with Gasteiger partial charge in [0.15, 0.2) is 0 Å². The fraction of sp³-hybridized carbons (Fsp3) is 0.923. The van der Waals surface area contributed by atoms with Gasteiger partial charge in [-0.15, -0.1) is 0 Å². The number of carbonyl (C=O) groups excluding carboxylic acids is 1. The number of nitrogens with zero attached hydrogens (tertiary/aromatic N) is 1. The molecule has 1 heterocycles. The van der Waals surface area contributed by atoms with E-state index in [9.17, 15) is 4.79 Å². The van der Waals surface area contributed by atoms with Crippen molar-refractivity contribution in [1.82, 2.24) is 10.2 Å². The molecule has 3 N–H and O–H groups in total. The second-order valence-electron chi connectivity index (χ2n) is 5.79. The van der Waals surface area contributed by atoms with E-state index in [0.29, 0.717) is 0 Å². The molecule has 0 spiro atoms. The number of likely N-dealkylation sites (tertiary alicyclic amines) is 1. The Morgan fingerprint density at radius 2 is 2.06 bits per heavy atom. The SMILES string of the molecule is CC1CCN(CCNC(=O)C2(N)CCC2)CC1. The van der Waals surface area contributed by atoms with Crippen molar-refractivity contribution in [2.24, 2.45) is 11.7 Å². The summed E-state index contributed by atoms with van der Waals surface area (Å²) in [6, 6.07) is 0. The zero-order valence-electron chi connectivity index (χ0n) is 10.9. The first-order valence-electron chi connectivity index (χ1n) is 6.90. The summed E-state index contributed by atoms with van der Waals surface area (Å²) in [5.74, 6) is 0.914. The number of nitrogens with one attached hydrogen (secondary N) is 1. The van der Waals surface area contributed by atoms with Crippen LogP contribution in [0.2, 0.25) is 0 Å². The van der Waals surface area contributed by atoms with Crippen LogP contribution in [0.3, 0.4) is 0 Å². The van der Waals surface area contributed by atoms with Crippen molar-refractivity contribution in [2.75, 3.05) is 26.2 Å². The fourth-order valence-electron chi connectivity index (χ4n) is 2.57. The minimum atomic E-state index is -0.545. The summed E-state index contributed by atoms with van der Waals surface area (Å²) in [5, 5.41) is 2.98. The molecule has 98 valence electrons. The third kappa shape index (κ3) is 3.19. The Morgan fingerprint density at radius 3 is 2.59 bits per heavy atom. The monoisotopic (exact) mass is 239 g/mol. The van der Waals surface area contributed by atoms with E-state index in [1.807, 2.05) is 0 Å². The maximum absolute atomic E-state index is 11.8.